The molecule has 0 atom stereocenters. The van der Waals surface area contributed by atoms with Crippen LogP contribution in [0.5, 0.6) is 5.75 Å². The van der Waals surface area contributed by atoms with Crippen molar-refractivity contribution in [3.63, 3.8) is 0 Å². The van der Waals surface area contributed by atoms with E-state index in [0.29, 0.717) is 43.0 Å². The van der Waals surface area contributed by atoms with Crippen LogP contribution in [0.2, 0.25) is 0 Å². The molecule has 0 fully saturated rings. The van der Waals surface area contributed by atoms with E-state index < -0.39 is 5.41 Å². The van der Waals surface area contributed by atoms with Gasteiger partial charge >= 0.3 is 0 Å². The Balaban J connectivity index is 2.95. The molecule has 0 aliphatic heterocycles. The molecule has 1 aromatic carbocycles. The predicted molar refractivity (Wildman–Crippen MR) is 84.2 cm³/mol. The highest BCUT2D eigenvalue weighted by molar-refractivity contribution is 5.95. The van der Waals surface area contributed by atoms with Gasteiger partial charge in [-0.15, -0.1) is 0 Å². The molecule has 0 radical (unpaired) electrons. The first-order chi connectivity index (χ1) is 10.1. The molecule has 1 amide bonds. The first-order valence-corrected chi connectivity index (χ1v) is 7.44. The quantitative estimate of drug-likeness (QED) is 0.686. The van der Waals surface area contributed by atoms with E-state index >= 15 is 0 Å². The summed E-state index contributed by atoms with van der Waals surface area (Å²) in [6.45, 7) is 6.52. The zero-order valence-corrected chi connectivity index (χ0v) is 13.1. The Morgan fingerprint density at radius 1 is 1.33 bits per heavy atom. The first-order valence-electron chi connectivity index (χ1n) is 7.44. The van der Waals surface area contributed by atoms with Crippen molar-refractivity contribution in [1.82, 2.24) is 0 Å². The molecule has 1 aromatic rings. The lowest BCUT2D eigenvalue weighted by molar-refractivity contribution is -0.125. The van der Waals surface area contributed by atoms with Gasteiger partial charge in [0.2, 0.25) is 5.91 Å². The summed E-state index contributed by atoms with van der Waals surface area (Å²) in [5, 5.41) is 12.3. The summed E-state index contributed by atoms with van der Waals surface area (Å²) in [5.41, 5.74) is 6.54. The van der Waals surface area contributed by atoms with Gasteiger partial charge in [-0.25, -0.2) is 0 Å². The molecule has 118 valence electrons. The molecule has 0 spiro atoms. The first kappa shape index (κ1) is 17.5. The highest BCUT2D eigenvalue weighted by Gasteiger charge is 2.33. The Kier molecular flexibility index (Phi) is 6.65. The number of rotatable bonds is 8. The maximum atomic E-state index is 12.5. The molecule has 1 rings (SSSR count). The summed E-state index contributed by atoms with van der Waals surface area (Å²) in [7, 11) is 0. The van der Waals surface area contributed by atoms with Gasteiger partial charge in [-0.05, 0) is 38.0 Å². The molecule has 5 heteroatoms. The van der Waals surface area contributed by atoms with Crippen LogP contribution >= 0.6 is 0 Å². The second-order valence-corrected chi connectivity index (χ2v) is 5.06. The zero-order chi connectivity index (χ0) is 15.9. The van der Waals surface area contributed by atoms with Crippen molar-refractivity contribution >= 4 is 11.6 Å². The second kappa shape index (κ2) is 8.00. The van der Waals surface area contributed by atoms with E-state index in [-0.39, 0.29) is 12.5 Å². The molecule has 0 bridgehead atoms. The summed E-state index contributed by atoms with van der Waals surface area (Å²) in [4.78, 5) is 12.5. The van der Waals surface area contributed by atoms with Gasteiger partial charge in [-0.3, -0.25) is 4.79 Å². The fraction of sp³-hybridized carbons (Fsp3) is 0.562. The van der Waals surface area contributed by atoms with Crippen molar-refractivity contribution in [2.75, 3.05) is 18.5 Å². The highest BCUT2D eigenvalue weighted by atomic mass is 16.5. The SMILES string of the molecule is CCOc1ccc(NC(=O)C(CC)(CC)CN)cc1CO. The molecule has 0 unspecified atom stereocenters. The van der Waals surface area contributed by atoms with Gasteiger partial charge in [-0.2, -0.15) is 0 Å². The van der Waals surface area contributed by atoms with Crippen LogP contribution in [0.25, 0.3) is 0 Å². The van der Waals surface area contributed by atoms with Crippen LogP contribution in [0.15, 0.2) is 18.2 Å². The third-order valence-electron chi connectivity index (χ3n) is 4.01. The van der Waals surface area contributed by atoms with Crippen LogP contribution < -0.4 is 15.8 Å². The third-order valence-corrected chi connectivity index (χ3v) is 4.01. The lowest BCUT2D eigenvalue weighted by Crippen LogP contribution is -2.41. The van der Waals surface area contributed by atoms with E-state index in [1.807, 2.05) is 20.8 Å². The Morgan fingerprint density at radius 2 is 2.00 bits per heavy atom. The van der Waals surface area contributed by atoms with Gasteiger partial charge in [0, 0.05) is 17.8 Å². The Bertz CT molecular complexity index is 462. The van der Waals surface area contributed by atoms with Gasteiger partial charge in [0.15, 0.2) is 0 Å². The molecule has 5 nitrogen and oxygen atoms in total. The summed E-state index contributed by atoms with van der Waals surface area (Å²) >= 11 is 0. The number of nitrogens with two attached hydrogens (primary N) is 1. The van der Waals surface area contributed by atoms with Crippen LogP contribution in [0, 0.1) is 5.41 Å². The van der Waals surface area contributed by atoms with Gasteiger partial charge in [-0.1, -0.05) is 13.8 Å². The number of hydrogen-bond acceptors (Lipinski definition) is 4. The van der Waals surface area contributed by atoms with Crippen LogP contribution in [0.3, 0.4) is 0 Å². The van der Waals surface area contributed by atoms with Crippen molar-refractivity contribution in [3.05, 3.63) is 23.8 Å². The van der Waals surface area contributed by atoms with E-state index in [0.717, 1.165) is 0 Å². The van der Waals surface area contributed by atoms with Gasteiger partial charge < -0.3 is 20.9 Å². The topological polar surface area (TPSA) is 84.6 Å². The van der Waals surface area contributed by atoms with Crippen LogP contribution in [0.4, 0.5) is 5.69 Å². The summed E-state index contributed by atoms with van der Waals surface area (Å²) in [6, 6.07) is 5.26. The highest BCUT2D eigenvalue weighted by Crippen LogP contribution is 2.28. The van der Waals surface area contributed by atoms with Crippen LogP contribution in [-0.4, -0.2) is 24.2 Å². The number of aliphatic hydroxyl groups excluding tert-OH is 1. The monoisotopic (exact) mass is 294 g/mol. The predicted octanol–water partition coefficient (Wildman–Crippen LogP) is 2.28. The van der Waals surface area contributed by atoms with E-state index in [9.17, 15) is 9.90 Å². The number of carbonyl (C=O) groups excluding carboxylic acids is 1. The summed E-state index contributed by atoms with van der Waals surface area (Å²) in [6.07, 6.45) is 1.38. The number of aliphatic hydroxyl groups is 1. The molecule has 0 saturated carbocycles. The van der Waals surface area contributed by atoms with E-state index in [1.165, 1.54) is 0 Å². The average Bonchev–Trinajstić information content (AvgIpc) is 2.51. The van der Waals surface area contributed by atoms with Crippen LogP contribution in [0.1, 0.15) is 39.2 Å². The Labute approximate surface area is 126 Å². The standard InChI is InChI=1S/C16H26N2O3/c1-4-16(5-2,11-17)15(20)18-13-7-8-14(21-6-3)12(9-13)10-19/h7-9,19H,4-6,10-11,17H2,1-3H3,(H,18,20). The third kappa shape index (κ3) is 3.95. The Morgan fingerprint density at radius 3 is 2.48 bits per heavy atom. The van der Waals surface area contributed by atoms with Gasteiger partial charge in [0.1, 0.15) is 5.75 Å². The van der Waals surface area contributed by atoms with Crippen LogP contribution in [-0.2, 0) is 11.4 Å². The lowest BCUT2D eigenvalue weighted by Gasteiger charge is -2.28. The lowest BCUT2D eigenvalue weighted by atomic mass is 9.81. The van der Waals surface area contributed by atoms with Crippen molar-refractivity contribution < 1.29 is 14.6 Å². The minimum atomic E-state index is -0.544. The van der Waals surface area contributed by atoms with Crippen molar-refractivity contribution in [2.45, 2.75) is 40.2 Å². The normalized spacial score (nSPS) is 11.3. The minimum absolute atomic E-state index is 0.0805. The maximum absolute atomic E-state index is 12.5. The fourth-order valence-electron chi connectivity index (χ4n) is 2.29. The van der Waals surface area contributed by atoms with Gasteiger partial charge in [0.05, 0.1) is 18.6 Å². The molecule has 0 aliphatic carbocycles. The maximum Gasteiger partial charge on any atom is 0.231 e. The Hall–Kier alpha value is -1.59. The largest absolute Gasteiger partial charge is 0.494 e. The molecule has 0 aromatic heterocycles. The molecule has 0 aliphatic rings. The molecule has 0 saturated heterocycles. The van der Waals surface area contributed by atoms with Crippen molar-refractivity contribution in [3.8, 4) is 5.75 Å². The second-order valence-electron chi connectivity index (χ2n) is 5.06. The number of nitrogens with one attached hydrogen (secondary N) is 1. The number of benzene rings is 1. The number of ether oxygens (including phenoxy) is 1. The number of amides is 1. The minimum Gasteiger partial charge on any atom is -0.494 e. The summed E-state index contributed by atoms with van der Waals surface area (Å²) in [5.74, 6) is 0.553. The average molecular weight is 294 g/mol. The molecular formula is C16H26N2O3. The van der Waals surface area contributed by atoms with E-state index in [2.05, 4.69) is 5.32 Å². The number of hydrogen-bond donors (Lipinski definition) is 3. The zero-order valence-electron chi connectivity index (χ0n) is 13.1. The van der Waals surface area contributed by atoms with Crippen molar-refractivity contribution in [2.24, 2.45) is 11.1 Å². The number of anilines is 1. The van der Waals surface area contributed by atoms with Gasteiger partial charge in [0.25, 0.3) is 0 Å². The molecule has 4 N–H and O–H groups in total. The molecule has 0 heterocycles. The smallest absolute Gasteiger partial charge is 0.231 e. The van der Waals surface area contributed by atoms with E-state index in [4.69, 9.17) is 10.5 Å². The van der Waals surface area contributed by atoms with Crippen molar-refractivity contribution in [1.29, 1.82) is 0 Å². The fourth-order valence-corrected chi connectivity index (χ4v) is 2.29. The summed E-state index contributed by atoms with van der Waals surface area (Å²) < 4.78 is 5.43. The molecule has 21 heavy (non-hydrogen) atoms. The van der Waals surface area contributed by atoms with E-state index in [1.54, 1.807) is 18.2 Å². The number of carbonyl (C=O) groups is 1. The molecular weight excluding hydrogens is 268 g/mol.